The van der Waals surface area contributed by atoms with Gasteiger partial charge in [0.1, 0.15) is 0 Å². The molecule has 0 saturated carbocycles. The number of nitrogen functional groups attached to an aromatic ring is 1. The first-order chi connectivity index (χ1) is 8.63. The summed E-state index contributed by atoms with van der Waals surface area (Å²) in [5.41, 5.74) is 10.6. The van der Waals surface area contributed by atoms with E-state index >= 15 is 0 Å². The van der Waals surface area contributed by atoms with E-state index in [1.54, 1.807) is 12.1 Å². The lowest BCUT2D eigenvalue weighted by Crippen LogP contribution is -2.12. The average Bonchev–Trinajstić information content (AvgIpc) is 2.41. The number of hydrogen-bond donors (Lipinski definition) is 1. The number of nitriles is 1. The van der Waals surface area contributed by atoms with Gasteiger partial charge >= 0.3 is 0 Å². The van der Waals surface area contributed by atoms with Crippen molar-refractivity contribution in [2.75, 3.05) is 17.7 Å². The summed E-state index contributed by atoms with van der Waals surface area (Å²) < 4.78 is 0. The number of para-hydroxylation sites is 1. The molecule has 0 amide bonds. The first-order valence-electron chi connectivity index (χ1n) is 5.72. The Balaban J connectivity index is 2.38. The quantitative estimate of drug-likeness (QED) is 0.816. The molecule has 0 aliphatic rings. The van der Waals surface area contributed by atoms with Crippen molar-refractivity contribution < 1.29 is 0 Å². The zero-order valence-electron chi connectivity index (χ0n) is 10.5. The van der Waals surface area contributed by atoms with E-state index in [1.807, 2.05) is 49.2 Å². The first kappa shape index (κ1) is 12.0. The molecule has 0 aliphatic carbocycles. The maximum atomic E-state index is 8.78. The van der Waals surface area contributed by atoms with E-state index in [2.05, 4.69) is 6.07 Å². The van der Waals surface area contributed by atoms with Crippen LogP contribution in [0.25, 0.3) is 0 Å². The van der Waals surface area contributed by atoms with Crippen LogP contribution in [0, 0.1) is 18.3 Å². The van der Waals surface area contributed by atoms with Crippen LogP contribution in [-0.4, -0.2) is 7.05 Å². The molecule has 0 unspecified atom stereocenters. The van der Waals surface area contributed by atoms with E-state index in [0.717, 1.165) is 22.6 Å². The van der Waals surface area contributed by atoms with Crippen LogP contribution in [0.2, 0.25) is 0 Å². The predicted octanol–water partition coefficient (Wildman–Crippen LogP) is 3.22. The maximum Gasteiger partial charge on any atom is 0.0991 e. The molecule has 2 aromatic rings. The van der Waals surface area contributed by atoms with E-state index < -0.39 is 0 Å². The molecule has 0 atom stereocenters. The topological polar surface area (TPSA) is 53.0 Å². The van der Waals surface area contributed by atoms with Gasteiger partial charge in [0, 0.05) is 12.7 Å². The van der Waals surface area contributed by atoms with E-state index in [9.17, 15) is 0 Å². The third-order valence-corrected chi connectivity index (χ3v) is 3.05. The van der Waals surface area contributed by atoms with Crippen LogP contribution in [0.4, 0.5) is 17.1 Å². The smallest absolute Gasteiger partial charge is 0.0991 e. The first-order valence-corrected chi connectivity index (χ1v) is 5.72. The number of nitrogens with zero attached hydrogens (tertiary/aromatic N) is 2. The Morgan fingerprint density at radius 1 is 1.11 bits per heavy atom. The van der Waals surface area contributed by atoms with Gasteiger partial charge in [-0.15, -0.1) is 0 Å². The number of benzene rings is 2. The van der Waals surface area contributed by atoms with Crippen molar-refractivity contribution in [3.05, 3.63) is 53.6 Å². The Labute approximate surface area is 107 Å². The molecule has 0 bridgehead atoms. The van der Waals surface area contributed by atoms with Crippen molar-refractivity contribution in [2.45, 2.75) is 6.92 Å². The molecule has 2 N–H and O–H groups in total. The van der Waals surface area contributed by atoms with Crippen LogP contribution >= 0.6 is 0 Å². The Kier molecular flexibility index (Phi) is 3.20. The summed E-state index contributed by atoms with van der Waals surface area (Å²) in [5, 5.41) is 8.78. The van der Waals surface area contributed by atoms with Crippen LogP contribution < -0.4 is 10.6 Å². The highest BCUT2D eigenvalue weighted by molar-refractivity contribution is 5.76. The minimum Gasteiger partial charge on any atom is -0.397 e. The standard InChI is InChI=1S/C15H15N3/c1-11-4-3-5-14(15(11)17)18(2)13-8-6-12(10-16)7-9-13/h3-9H,17H2,1-2H3. The lowest BCUT2D eigenvalue weighted by Gasteiger charge is -2.22. The van der Waals surface area contributed by atoms with Gasteiger partial charge in [-0.3, -0.25) is 0 Å². The highest BCUT2D eigenvalue weighted by Crippen LogP contribution is 2.30. The number of hydrogen-bond acceptors (Lipinski definition) is 3. The SMILES string of the molecule is Cc1cccc(N(C)c2ccc(C#N)cc2)c1N. The van der Waals surface area contributed by atoms with Gasteiger partial charge in [-0.05, 0) is 42.8 Å². The minimum atomic E-state index is 0.657. The molecule has 2 rings (SSSR count). The Bertz CT molecular complexity index is 594. The Morgan fingerprint density at radius 3 is 2.39 bits per heavy atom. The van der Waals surface area contributed by atoms with Crippen LogP contribution in [0.15, 0.2) is 42.5 Å². The van der Waals surface area contributed by atoms with Gasteiger partial charge in [-0.25, -0.2) is 0 Å². The molecular weight excluding hydrogens is 222 g/mol. The number of rotatable bonds is 2. The lowest BCUT2D eigenvalue weighted by molar-refractivity contribution is 1.20. The van der Waals surface area contributed by atoms with Gasteiger partial charge in [-0.1, -0.05) is 12.1 Å². The molecule has 0 saturated heterocycles. The summed E-state index contributed by atoms with van der Waals surface area (Å²) in [4.78, 5) is 2.02. The maximum absolute atomic E-state index is 8.78. The third-order valence-electron chi connectivity index (χ3n) is 3.05. The second kappa shape index (κ2) is 4.80. The summed E-state index contributed by atoms with van der Waals surface area (Å²) in [6.07, 6.45) is 0. The molecule has 0 heterocycles. The highest BCUT2D eigenvalue weighted by atomic mass is 15.1. The normalized spacial score (nSPS) is 9.83. The van der Waals surface area contributed by atoms with E-state index in [0.29, 0.717) is 5.56 Å². The van der Waals surface area contributed by atoms with Crippen LogP contribution in [0.1, 0.15) is 11.1 Å². The molecule has 2 aromatic carbocycles. The van der Waals surface area contributed by atoms with Gasteiger partial charge in [0.25, 0.3) is 0 Å². The monoisotopic (exact) mass is 237 g/mol. The second-order valence-corrected chi connectivity index (χ2v) is 4.23. The fraction of sp³-hybridized carbons (Fsp3) is 0.133. The van der Waals surface area contributed by atoms with Gasteiger partial charge < -0.3 is 10.6 Å². The fourth-order valence-corrected chi connectivity index (χ4v) is 1.86. The molecule has 0 spiro atoms. The molecule has 0 fully saturated rings. The molecule has 18 heavy (non-hydrogen) atoms. The fourth-order valence-electron chi connectivity index (χ4n) is 1.86. The van der Waals surface area contributed by atoms with Gasteiger partial charge in [0.2, 0.25) is 0 Å². The van der Waals surface area contributed by atoms with Crippen LogP contribution in [0.5, 0.6) is 0 Å². The number of anilines is 3. The van der Waals surface area contributed by atoms with E-state index in [4.69, 9.17) is 11.0 Å². The summed E-state index contributed by atoms with van der Waals surface area (Å²) >= 11 is 0. The van der Waals surface area contributed by atoms with Crippen molar-refractivity contribution in [2.24, 2.45) is 0 Å². The summed E-state index contributed by atoms with van der Waals surface area (Å²) in [7, 11) is 1.96. The number of nitrogens with two attached hydrogens (primary N) is 1. The van der Waals surface area contributed by atoms with E-state index in [1.165, 1.54) is 0 Å². The summed E-state index contributed by atoms with van der Waals surface area (Å²) in [6.45, 7) is 1.99. The minimum absolute atomic E-state index is 0.657. The molecule has 0 aliphatic heterocycles. The van der Waals surface area contributed by atoms with Crippen molar-refractivity contribution in [1.82, 2.24) is 0 Å². The van der Waals surface area contributed by atoms with Crippen LogP contribution in [-0.2, 0) is 0 Å². The van der Waals surface area contributed by atoms with Crippen molar-refractivity contribution >= 4 is 17.1 Å². The highest BCUT2D eigenvalue weighted by Gasteiger charge is 2.08. The van der Waals surface area contributed by atoms with E-state index in [-0.39, 0.29) is 0 Å². The molecule has 3 nitrogen and oxygen atoms in total. The van der Waals surface area contributed by atoms with Crippen molar-refractivity contribution in [1.29, 1.82) is 5.26 Å². The van der Waals surface area contributed by atoms with Gasteiger partial charge in [0.05, 0.1) is 23.0 Å². The Hall–Kier alpha value is -2.47. The molecule has 3 heteroatoms. The third kappa shape index (κ3) is 2.14. The average molecular weight is 237 g/mol. The molecular formula is C15H15N3. The summed E-state index contributed by atoms with van der Waals surface area (Å²) in [5.74, 6) is 0. The van der Waals surface area contributed by atoms with Gasteiger partial charge in [0.15, 0.2) is 0 Å². The second-order valence-electron chi connectivity index (χ2n) is 4.23. The zero-order valence-corrected chi connectivity index (χ0v) is 10.5. The largest absolute Gasteiger partial charge is 0.397 e. The summed E-state index contributed by atoms with van der Waals surface area (Å²) in [6, 6.07) is 15.5. The predicted molar refractivity (Wildman–Crippen MR) is 74.8 cm³/mol. The van der Waals surface area contributed by atoms with Crippen molar-refractivity contribution in [3.8, 4) is 6.07 Å². The number of aryl methyl sites for hydroxylation is 1. The molecule has 0 aromatic heterocycles. The molecule has 0 radical (unpaired) electrons. The van der Waals surface area contributed by atoms with Crippen molar-refractivity contribution in [3.63, 3.8) is 0 Å². The Morgan fingerprint density at radius 2 is 1.78 bits per heavy atom. The van der Waals surface area contributed by atoms with Crippen LogP contribution in [0.3, 0.4) is 0 Å². The van der Waals surface area contributed by atoms with Gasteiger partial charge in [-0.2, -0.15) is 5.26 Å². The lowest BCUT2D eigenvalue weighted by atomic mass is 10.1. The molecule has 90 valence electrons. The zero-order chi connectivity index (χ0) is 13.1.